The van der Waals surface area contributed by atoms with Crippen molar-refractivity contribution in [2.24, 2.45) is 0 Å². The summed E-state index contributed by atoms with van der Waals surface area (Å²) < 4.78 is 7.32. The lowest BCUT2D eigenvalue weighted by molar-refractivity contribution is 0.211. The minimum Gasteiger partial charge on any atom is -0.495 e. The summed E-state index contributed by atoms with van der Waals surface area (Å²) in [6.07, 6.45) is 0. The number of para-hydroxylation sites is 2. The molecule has 2 aromatic heterocycles. The highest BCUT2D eigenvalue weighted by atomic mass is 32.1. The number of fused-ring (bicyclic) bond motifs is 1. The van der Waals surface area contributed by atoms with Crippen LogP contribution in [0.2, 0.25) is 0 Å². The molecule has 4 rings (SSSR count). The molecule has 3 heterocycles. The van der Waals surface area contributed by atoms with Crippen molar-refractivity contribution in [3.63, 3.8) is 0 Å². The van der Waals surface area contributed by atoms with Gasteiger partial charge in [0.25, 0.3) is 5.56 Å². The first-order valence-electron chi connectivity index (χ1n) is 9.15. The lowest BCUT2D eigenvalue weighted by Gasteiger charge is -2.36. The zero-order valence-corrected chi connectivity index (χ0v) is 16.8. The van der Waals surface area contributed by atoms with Crippen LogP contribution in [0.15, 0.2) is 35.1 Å². The number of nitrogens with zero attached hydrogens (tertiary/aromatic N) is 4. The number of aryl methyl sites for hydroxylation is 2. The molecular formula is C20H24N4O2S. The van der Waals surface area contributed by atoms with E-state index in [1.165, 1.54) is 11.5 Å². The van der Waals surface area contributed by atoms with Gasteiger partial charge in [0.1, 0.15) is 10.6 Å². The number of pyridine rings is 1. The van der Waals surface area contributed by atoms with Crippen molar-refractivity contribution >= 4 is 27.4 Å². The number of methoxy groups -OCH3 is 1. The SMILES string of the molecule is COc1ccccc1N1CCN(Cn2sc3nc(C)cc(C)c3c2=O)CC1. The molecule has 1 fully saturated rings. The van der Waals surface area contributed by atoms with Gasteiger partial charge in [-0.15, -0.1) is 0 Å². The van der Waals surface area contributed by atoms with Crippen LogP contribution < -0.4 is 15.2 Å². The maximum atomic E-state index is 12.8. The number of hydrogen-bond acceptors (Lipinski definition) is 6. The van der Waals surface area contributed by atoms with E-state index in [9.17, 15) is 4.79 Å². The average Bonchev–Trinajstić information content (AvgIpc) is 2.97. The summed E-state index contributed by atoms with van der Waals surface area (Å²) >= 11 is 1.47. The van der Waals surface area contributed by atoms with E-state index in [1.807, 2.05) is 42.1 Å². The quantitative estimate of drug-likeness (QED) is 0.692. The Morgan fingerprint density at radius 3 is 2.63 bits per heavy atom. The van der Waals surface area contributed by atoms with Gasteiger partial charge in [-0.3, -0.25) is 9.69 Å². The molecule has 7 heteroatoms. The van der Waals surface area contributed by atoms with Crippen LogP contribution >= 0.6 is 11.5 Å². The number of aromatic nitrogens is 2. The topological polar surface area (TPSA) is 50.6 Å². The first kappa shape index (κ1) is 18.0. The second-order valence-electron chi connectivity index (χ2n) is 6.95. The van der Waals surface area contributed by atoms with Crippen molar-refractivity contribution in [1.82, 2.24) is 13.8 Å². The van der Waals surface area contributed by atoms with Crippen molar-refractivity contribution < 1.29 is 4.74 Å². The fraction of sp³-hybridized carbons (Fsp3) is 0.400. The van der Waals surface area contributed by atoms with Gasteiger partial charge in [0.2, 0.25) is 0 Å². The Morgan fingerprint density at radius 2 is 1.89 bits per heavy atom. The van der Waals surface area contributed by atoms with E-state index in [4.69, 9.17) is 4.74 Å². The Kier molecular flexibility index (Phi) is 4.88. The molecule has 3 aromatic rings. The van der Waals surface area contributed by atoms with Crippen LogP contribution in [0, 0.1) is 13.8 Å². The molecule has 1 saturated heterocycles. The van der Waals surface area contributed by atoms with Crippen LogP contribution in [0.4, 0.5) is 5.69 Å². The Balaban J connectivity index is 1.48. The largest absolute Gasteiger partial charge is 0.495 e. The van der Waals surface area contributed by atoms with Crippen LogP contribution in [0.3, 0.4) is 0 Å². The van der Waals surface area contributed by atoms with Gasteiger partial charge >= 0.3 is 0 Å². The van der Waals surface area contributed by atoms with Gasteiger partial charge in [0, 0.05) is 31.9 Å². The molecule has 1 aliphatic heterocycles. The predicted molar refractivity (Wildman–Crippen MR) is 110 cm³/mol. The summed E-state index contributed by atoms with van der Waals surface area (Å²) in [6, 6.07) is 10.1. The van der Waals surface area contributed by atoms with Crippen LogP contribution in [-0.4, -0.2) is 47.1 Å². The second-order valence-corrected chi connectivity index (χ2v) is 7.96. The van der Waals surface area contributed by atoms with E-state index in [2.05, 4.69) is 20.9 Å². The highest BCUT2D eigenvalue weighted by Gasteiger charge is 2.21. The fourth-order valence-corrected chi connectivity index (χ4v) is 4.82. The summed E-state index contributed by atoms with van der Waals surface area (Å²) in [5, 5.41) is 0.762. The van der Waals surface area contributed by atoms with Gasteiger partial charge in [-0.2, -0.15) is 0 Å². The number of anilines is 1. The molecule has 0 spiro atoms. The third-order valence-electron chi connectivity index (χ3n) is 5.08. The van der Waals surface area contributed by atoms with Crippen molar-refractivity contribution in [3.05, 3.63) is 51.9 Å². The molecule has 6 nitrogen and oxygen atoms in total. The smallest absolute Gasteiger partial charge is 0.271 e. The first-order chi connectivity index (χ1) is 13.1. The number of piperazine rings is 1. The third-order valence-corrected chi connectivity index (χ3v) is 6.05. The van der Waals surface area contributed by atoms with E-state index in [-0.39, 0.29) is 5.56 Å². The minimum absolute atomic E-state index is 0.0761. The van der Waals surface area contributed by atoms with Gasteiger partial charge in [0.05, 0.1) is 24.9 Å². The van der Waals surface area contributed by atoms with Crippen LogP contribution in [0.25, 0.3) is 10.2 Å². The Labute approximate surface area is 162 Å². The van der Waals surface area contributed by atoms with Gasteiger partial charge in [0.15, 0.2) is 0 Å². The molecular weight excluding hydrogens is 360 g/mol. The number of ether oxygens (including phenoxy) is 1. The molecule has 1 aliphatic rings. The monoisotopic (exact) mass is 384 g/mol. The van der Waals surface area contributed by atoms with E-state index in [1.54, 1.807) is 7.11 Å². The molecule has 27 heavy (non-hydrogen) atoms. The minimum atomic E-state index is 0.0761. The fourth-order valence-electron chi connectivity index (χ4n) is 3.70. The lowest BCUT2D eigenvalue weighted by Crippen LogP contribution is -2.47. The van der Waals surface area contributed by atoms with Gasteiger partial charge < -0.3 is 9.64 Å². The van der Waals surface area contributed by atoms with Gasteiger partial charge in [-0.1, -0.05) is 12.1 Å². The molecule has 0 unspecified atom stereocenters. The zero-order valence-electron chi connectivity index (χ0n) is 15.9. The number of benzene rings is 1. The van der Waals surface area contributed by atoms with Crippen LogP contribution in [0.1, 0.15) is 11.3 Å². The van der Waals surface area contributed by atoms with Crippen molar-refractivity contribution in [2.45, 2.75) is 20.5 Å². The molecule has 142 valence electrons. The van der Waals surface area contributed by atoms with E-state index >= 15 is 0 Å². The standard InChI is InChI=1S/C20H24N4O2S/c1-14-12-15(2)21-19-18(14)20(25)24(27-19)13-22-8-10-23(11-9-22)16-6-4-5-7-17(16)26-3/h4-7,12H,8-11,13H2,1-3H3. The molecule has 1 aromatic carbocycles. The number of hydrogen-bond donors (Lipinski definition) is 0. The average molecular weight is 385 g/mol. The molecule has 0 radical (unpaired) electrons. The second kappa shape index (κ2) is 7.32. The van der Waals surface area contributed by atoms with Crippen molar-refractivity contribution in [2.75, 3.05) is 38.2 Å². The number of rotatable bonds is 4. The highest BCUT2D eigenvalue weighted by molar-refractivity contribution is 7.13. The summed E-state index contributed by atoms with van der Waals surface area (Å²) in [7, 11) is 1.71. The van der Waals surface area contributed by atoms with Crippen LogP contribution in [0.5, 0.6) is 5.75 Å². The van der Waals surface area contributed by atoms with Gasteiger partial charge in [-0.25, -0.2) is 8.94 Å². The van der Waals surface area contributed by atoms with Crippen LogP contribution in [-0.2, 0) is 6.67 Å². The lowest BCUT2D eigenvalue weighted by atomic mass is 10.2. The van der Waals surface area contributed by atoms with Gasteiger partial charge in [-0.05, 0) is 49.1 Å². The molecule has 0 saturated carbocycles. The molecule has 0 atom stereocenters. The third kappa shape index (κ3) is 3.44. The molecule has 0 N–H and O–H groups in total. The summed E-state index contributed by atoms with van der Waals surface area (Å²) in [6.45, 7) is 8.22. The van der Waals surface area contributed by atoms with E-state index < -0.39 is 0 Å². The summed E-state index contributed by atoms with van der Waals surface area (Å²) in [5.41, 5.74) is 3.18. The Hall–Kier alpha value is -2.38. The predicted octanol–water partition coefficient (Wildman–Crippen LogP) is 2.86. The molecule has 0 amide bonds. The van der Waals surface area contributed by atoms with E-state index in [0.717, 1.165) is 59.1 Å². The zero-order chi connectivity index (χ0) is 19.0. The first-order valence-corrected chi connectivity index (χ1v) is 9.92. The van der Waals surface area contributed by atoms with Crippen molar-refractivity contribution in [3.8, 4) is 5.75 Å². The highest BCUT2D eigenvalue weighted by Crippen LogP contribution is 2.28. The molecule has 0 bridgehead atoms. The maximum absolute atomic E-state index is 12.8. The Morgan fingerprint density at radius 1 is 1.15 bits per heavy atom. The maximum Gasteiger partial charge on any atom is 0.271 e. The summed E-state index contributed by atoms with van der Waals surface area (Å²) in [4.78, 5) is 22.8. The van der Waals surface area contributed by atoms with Crippen molar-refractivity contribution in [1.29, 1.82) is 0 Å². The van der Waals surface area contributed by atoms with E-state index in [0.29, 0.717) is 6.67 Å². The molecule has 0 aliphatic carbocycles. The normalized spacial score (nSPS) is 15.4. The summed E-state index contributed by atoms with van der Waals surface area (Å²) in [5.74, 6) is 0.906. The Bertz CT molecular complexity index is 1020.